The molecule has 1 saturated heterocycles. The van der Waals surface area contributed by atoms with Crippen molar-refractivity contribution in [3.05, 3.63) is 59.7 Å². The molecule has 114 valence electrons. The molecule has 0 radical (unpaired) electrons. The molecule has 0 saturated carbocycles. The lowest BCUT2D eigenvalue weighted by Gasteiger charge is -2.37. The number of likely N-dealkylation sites (tertiary alicyclic amines) is 1. The summed E-state index contributed by atoms with van der Waals surface area (Å²) in [4.78, 5) is 2.69. The van der Waals surface area contributed by atoms with Crippen LogP contribution in [0.2, 0.25) is 0 Å². The molecule has 1 unspecified atom stereocenters. The predicted molar refractivity (Wildman–Crippen MR) is 91.7 cm³/mol. The van der Waals surface area contributed by atoms with Gasteiger partial charge in [0.2, 0.25) is 0 Å². The fourth-order valence-corrected chi connectivity index (χ4v) is 4.33. The van der Waals surface area contributed by atoms with Crippen LogP contribution in [0.4, 0.5) is 0 Å². The number of nitrogens with two attached hydrogens (primary N) is 1. The number of rotatable bonds is 3. The van der Waals surface area contributed by atoms with Gasteiger partial charge in [0.05, 0.1) is 6.04 Å². The van der Waals surface area contributed by atoms with Crippen molar-refractivity contribution in [2.45, 2.75) is 25.3 Å². The molecule has 0 amide bonds. The molecular weight excluding hydrogens is 268 g/mol. The van der Waals surface area contributed by atoms with E-state index >= 15 is 0 Å². The summed E-state index contributed by atoms with van der Waals surface area (Å²) >= 11 is 0. The Hall–Kier alpha value is -1.64. The van der Waals surface area contributed by atoms with Gasteiger partial charge in [0.25, 0.3) is 0 Å². The van der Waals surface area contributed by atoms with Crippen LogP contribution in [-0.4, -0.2) is 24.5 Å². The van der Waals surface area contributed by atoms with Crippen LogP contribution >= 0.6 is 0 Å². The minimum absolute atomic E-state index is 0.438. The van der Waals surface area contributed by atoms with Crippen LogP contribution in [0.1, 0.15) is 36.4 Å². The van der Waals surface area contributed by atoms with Crippen LogP contribution in [0, 0.1) is 5.92 Å². The number of fused-ring (bicyclic) bond motifs is 3. The summed E-state index contributed by atoms with van der Waals surface area (Å²) in [6, 6.07) is 18.3. The SMILES string of the molecule is NCCC1CCCN(C2c3ccccc3-c3ccccc32)C1. The smallest absolute Gasteiger partial charge is 0.0614 e. The summed E-state index contributed by atoms with van der Waals surface area (Å²) in [5, 5.41) is 0. The van der Waals surface area contributed by atoms with Gasteiger partial charge in [-0.05, 0) is 60.5 Å². The topological polar surface area (TPSA) is 29.3 Å². The number of benzene rings is 2. The number of hydrogen-bond acceptors (Lipinski definition) is 2. The first-order valence-electron chi connectivity index (χ1n) is 8.51. The van der Waals surface area contributed by atoms with E-state index in [0.29, 0.717) is 6.04 Å². The quantitative estimate of drug-likeness (QED) is 0.932. The minimum Gasteiger partial charge on any atom is -0.330 e. The monoisotopic (exact) mass is 292 g/mol. The number of hydrogen-bond donors (Lipinski definition) is 1. The number of piperidine rings is 1. The van der Waals surface area contributed by atoms with Crippen molar-refractivity contribution in [1.82, 2.24) is 4.90 Å². The van der Waals surface area contributed by atoms with Crippen LogP contribution < -0.4 is 5.73 Å². The highest BCUT2D eigenvalue weighted by atomic mass is 15.2. The fraction of sp³-hybridized carbons (Fsp3) is 0.400. The van der Waals surface area contributed by atoms with Crippen LogP contribution in [-0.2, 0) is 0 Å². The first kappa shape index (κ1) is 14.0. The third-order valence-corrected chi connectivity index (χ3v) is 5.29. The van der Waals surface area contributed by atoms with Crippen molar-refractivity contribution in [3.63, 3.8) is 0 Å². The van der Waals surface area contributed by atoms with E-state index in [0.717, 1.165) is 18.9 Å². The molecule has 2 aromatic rings. The van der Waals surface area contributed by atoms with Gasteiger partial charge in [-0.25, -0.2) is 0 Å². The van der Waals surface area contributed by atoms with Crippen LogP contribution in [0.15, 0.2) is 48.5 Å². The van der Waals surface area contributed by atoms with Crippen molar-refractivity contribution in [3.8, 4) is 11.1 Å². The molecule has 4 rings (SSSR count). The Morgan fingerprint density at radius 2 is 1.59 bits per heavy atom. The highest BCUT2D eigenvalue weighted by Gasteiger charge is 2.34. The molecular formula is C20H24N2. The molecule has 2 nitrogen and oxygen atoms in total. The standard InChI is InChI=1S/C20H24N2/c21-12-11-15-6-5-13-22(14-15)20-18-9-3-1-7-16(18)17-8-2-4-10-19(17)20/h1-4,7-10,15,20H,5-6,11-14,21H2. The van der Waals surface area contributed by atoms with Crippen molar-refractivity contribution in [1.29, 1.82) is 0 Å². The average Bonchev–Trinajstić information content (AvgIpc) is 2.90. The highest BCUT2D eigenvalue weighted by Crippen LogP contribution is 2.47. The molecule has 22 heavy (non-hydrogen) atoms. The molecule has 1 fully saturated rings. The maximum atomic E-state index is 5.79. The second kappa shape index (κ2) is 5.86. The first-order chi connectivity index (χ1) is 10.9. The zero-order valence-corrected chi connectivity index (χ0v) is 13.0. The van der Waals surface area contributed by atoms with E-state index in [2.05, 4.69) is 53.4 Å². The molecule has 0 aromatic heterocycles. The summed E-state index contributed by atoms with van der Waals surface area (Å²) in [6.45, 7) is 3.20. The first-order valence-corrected chi connectivity index (χ1v) is 8.51. The van der Waals surface area contributed by atoms with Crippen molar-refractivity contribution >= 4 is 0 Å². The molecule has 0 bridgehead atoms. The molecule has 1 atom stereocenters. The maximum Gasteiger partial charge on any atom is 0.0614 e. The average molecular weight is 292 g/mol. The molecule has 2 N–H and O–H groups in total. The van der Waals surface area contributed by atoms with E-state index in [9.17, 15) is 0 Å². The van der Waals surface area contributed by atoms with E-state index in [-0.39, 0.29) is 0 Å². The fourth-order valence-electron chi connectivity index (χ4n) is 4.33. The lowest BCUT2D eigenvalue weighted by atomic mass is 9.92. The van der Waals surface area contributed by atoms with Gasteiger partial charge in [-0.2, -0.15) is 0 Å². The summed E-state index contributed by atoms with van der Waals surface area (Å²) in [7, 11) is 0. The third kappa shape index (κ3) is 2.27. The summed E-state index contributed by atoms with van der Waals surface area (Å²) < 4.78 is 0. The second-order valence-corrected chi connectivity index (χ2v) is 6.66. The number of nitrogens with zero attached hydrogens (tertiary/aromatic N) is 1. The minimum atomic E-state index is 0.438. The van der Waals surface area contributed by atoms with Crippen LogP contribution in [0.3, 0.4) is 0 Å². The van der Waals surface area contributed by atoms with E-state index in [1.807, 2.05) is 0 Å². The molecule has 2 aromatic carbocycles. The van der Waals surface area contributed by atoms with Gasteiger partial charge in [0, 0.05) is 6.54 Å². The van der Waals surface area contributed by atoms with Crippen molar-refractivity contribution < 1.29 is 0 Å². The zero-order valence-electron chi connectivity index (χ0n) is 13.0. The van der Waals surface area contributed by atoms with Gasteiger partial charge in [-0.15, -0.1) is 0 Å². The molecule has 1 aliphatic heterocycles. The Labute approximate surface area is 132 Å². The lowest BCUT2D eigenvalue weighted by Crippen LogP contribution is -2.38. The van der Waals surface area contributed by atoms with Gasteiger partial charge in [-0.3, -0.25) is 4.90 Å². The van der Waals surface area contributed by atoms with E-state index in [1.54, 1.807) is 0 Å². The summed E-state index contributed by atoms with van der Waals surface area (Å²) in [5.41, 5.74) is 11.6. The Balaban J connectivity index is 1.72. The molecule has 1 aliphatic carbocycles. The molecule has 2 aliphatic rings. The predicted octanol–water partition coefficient (Wildman–Crippen LogP) is 3.82. The van der Waals surface area contributed by atoms with Crippen LogP contribution in [0.5, 0.6) is 0 Å². The molecule has 1 heterocycles. The Bertz CT molecular complexity index is 617. The summed E-state index contributed by atoms with van der Waals surface area (Å²) in [6.07, 6.45) is 3.79. The third-order valence-electron chi connectivity index (χ3n) is 5.29. The van der Waals surface area contributed by atoms with Gasteiger partial charge >= 0.3 is 0 Å². The Kier molecular flexibility index (Phi) is 3.73. The van der Waals surface area contributed by atoms with Gasteiger partial charge < -0.3 is 5.73 Å². The van der Waals surface area contributed by atoms with E-state index in [4.69, 9.17) is 5.73 Å². The largest absolute Gasteiger partial charge is 0.330 e. The van der Waals surface area contributed by atoms with Gasteiger partial charge in [0.15, 0.2) is 0 Å². The zero-order chi connectivity index (χ0) is 14.9. The van der Waals surface area contributed by atoms with E-state index in [1.165, 1.54) is 48.2 Å². The highest BCUT2D eigenvalue weighted by molar-refractivity contribution is 5.78. The van der Waals surface area contributed by atoms with Crippen molar-refractivity contribution in [2.75, 3.05) is 19.6 Å². The Morgan fingerprint density at radius 1 is 0.955 bits per heavy atom. The maximum absolute atomic E-state index is 5.79. The lowest BCUT2D eigenvalue weighted by molar-refractivity contribution is 0.140. The normalized spacial score (nSPS) is 21.6. The van der Waals surface area contributed by atoms with Gasteiger partial charge in [-0.1, -0.05) is 48.5 Å². The van der Waals surface area contributed by atoms with Gasteiger partial charge in [0.1, 0.15) is 0 Å². The summed E-state index contributed by atoms with van der Waals surface area (Å²) in [5.74, 6) is 0.763. The van der Waals surface area contributed by atoms with Crippen molar-refractivity contribution in [2.24, 2.45) is 11.7 Å². The molecule has 2 heteroatoms. The second-order valence-electron chi connectivity index (χ2n) is 6.66. The van der Waals surface area contributed by atoms with E-state index < -0.39 is 0 Å². The van der Waals surface area contributed by atoms with Crippen LogP contribution in [0.25, 0.3) is 11.1 Å². The Morgan fingerprint density at radius 3 is 2.23 bits per heavy atom. The molecule has 0 spiro atoms.